The zero-order valence-electron chi connectivity index (χ0n) is 11.6. The fourth-order valence-corrected chi connectivity index (χ4v) is 4.59. The number of aromatic nitrogens is 3. The first-order valence-electron chi connectivity index (χ1n) is 6.70. The number of hydrogen-bond acceptors (Lipinski definition) is 6. The van der Waals surface area contributed by atoms with Gasteiger partial charge in [-0.1, -0.05) is 5.21 Å². The number of thioether (sulfide) groups is 1. The molecule has 2 aromatic rings. The first-order chi connectivity index (χ1) is 10.6. The molecule has 0 aliphatic carbocycles. The van der Waals surface area contributed by atoms with E-state index in [9.17, 15) is 9.59 Å². The fraction of sp³-hybridized carbons (Fsp3) is 0.385. The largest absolute Gasteiger partial charge is 0.480 e. The van der Waals surface area contributed by atoms with Gasteiger partial charge in [0.15, 0.2) is 0 Å². The van der Waals surface area contributed by atoms with E-state index in [1.165, 1.54) is 15.8 Å². The van der Waals surface area contributed by atoms with Gasteiger partial charge < -0.3 is 10.4 Å². The molecule has 2 aromatic heterocycles. The van der Waals surface area contributed by atoms with E-state index in [0.29, 0.717) is 5.69 Å². The van der Waals surface area contributed by atoms with Gasteiger partial charge in [-0.2, -0.15) is 0 Å². The van der Waals surface area contributed by atoms with E-state index in [1.807, 2.05) is 11.4 Å². The van der Waals surface area contributed by atoms with Gasteiger partial charge in [0, 0.05) is 4.88 Å². The van der Waals surface area contributed by atoms with Crippen molar-refractivity contribution < 1.29 is 14.7 Å². The third kappa shape index (κ3) is 3.30. The number of thiophene rings is 1. The van der Waals surface area contributed by atoms with Crippen molar-refractivity contribution in [3.05, 3.63) is 33.8 Å². The summed E-state index contributed by atoms with van der Waals surface area (Å²) in [7, 11) is 0. The first kappa shape index (κ1) is 15.0. The Hall–Kier alpha value is -1.87. The third-order valence-corrected chi connectivity index (χ3v) is 5.48. The Bertz CT molecular complexity index is 697. The predicted octanol–water partition coefficient (Wildman–Crippen LogP) is 1.07. The van der Waals surface area contributed by atoms with Gasteiger partial charge in [-0.25, -0.2) is 4.68 Å². The summed E-state index contributed by atoms with van der Waals surface area (Å²) in [6, 6.07) is 2.01. The van der Waals surface area contributed by atoms with E-state index >= 15 is 0 Å². The van der Waals surface area contributed by atoms with Gasteiger partial charge in [-0.15, -0.1) is 28.2 Å². The summed E-state index contributed by atoms with van der Waals surface area (Å²) in [4.78, 5) is 24.2. The van der Waals surface area contributed by atoms with Crippen LogP contribution in [0.25, 0.3) is 0 Å². The van der Waals surface area contributed by atoms with Crippen molar-refractivity contribution in [3.63, 3.8) is 0 Å². The SMILES string of the molecule is O=C(O)Cn1cc(CNC(=O)C2SCCc3sccc32)nn1. The monoisotopic (exact) mass is 338 g/mol. The van der Waals surface area contributed by atoms with Gasteiger partial charge in [0.2, 0.25) is 5.91 Å². The van der Waals surface area contributed by atoms with E-state index in [0.717, 1.165) is 17.7 Å². The second-order valence-corrected chi connectivity index (χ2v) is 7.03. The summed E-state index contributed by atoms with van der Waals surface area (Å²) in [6.45, 7) is 0.00662. The third-order valence-electron chi connectivity index (χ3n) is 3.24. The summed E-state index contributed by atoms with van der Waals surface area (Å²) in [5.41, 5.74) is 1.65. The molecule has 3 rings (SSSR count). The highest BCUT2D eigenvalue weighted by Gasteiger charge is 2.27. The Kier molecular flexibility index (Phi) is 4.44. The number of carbonyl (C=O) groups is 2. The number of nitrogens with one attached hydrogen (secondary N) is 1. The smallest absolute Gasteiger partial charge is 0.325 e. The maximum Gasteiger partial charge on any atom is 0.325 e. The molecule has 3 heterocycles. The number of aryl methyl sites for hydroxylation is 1. The topological polar surface area (TPSA) is 97.1 Å². The zero-order valence-corrected chi connectivity index (χ0v) is 13.2. The summed E-state index contributed by atoms with van der Waals surface area (Å²) < 4.78 is 1.23. The van der Waals surface area contributed by atoms with Crippen molar-refractivity contribution in [2.24, 2.45) is 0 Å². The molecule has 1 aliphatic rings. The number of aliphatic carboxylic acids is 1. The van der Waals surface area contributed by atoms with E-state index in [-0.39, 0.29) is 24.2 Å². The molecule has 0 spiro atoms. The molecule has 2 N–H and O–H groups in total. The molecule has 1 unspecified atom stereocenters. The molecule has 0 bridgehead atoms. The summed E-state index contributed by atoms with van der Waals surface area (Å²) >= 11 is 3.34. The average Bonchev–Trinajstić information content (AvgIpc) is 3.12. The van der Waals surface area contributed by atoms with Crippen LogP contribution in [0.3, 0.4) is 0 Å². The Balaban J connectivity index is 1.59. The van der Waals surface area contributed by atoms with Crippen LogP contribution in [0.1, 0.15) is 21.4 Å². The summed E-state index contributed by atoms with van der Waals surface area (Å²) in [5, 5.41) is 20.9. The lowest BCUT2D eigenvalue weighted by atomic mass is 10.1. The first-order valence-corrected chi connectivity index (χ1v) is 8.62. The number of fused-ring (bicyclic) bond motifs is 1. The van der Waals surface area contributed by atoms with Crippen molar-refractivity contribution in [1.82, 2.24) is 20.3 Å². The summed E-state index contributed by atoms with van der Waals surface area (Å²) in [5.74, 6) is -0.0818. The standard InChI is InChI=1S/C13H14N4O3S2/c18-11(19)7-17-6-8(15-16-17)5-14-13(20)12-9-1-3-21-10(9)2-4-22-12/h1,3,6,12H,2,4-5,7H2,(H,14,20)(H,18,19). The molecule has 1 aliphatic heterocycles. The normalized spacial score (nSPS) is 17.0. The highest BCUT2D eigenvalue weighted by Crippen LogP contribution is 2.39. The lowest BCUT2D eigenvalue weighted by Gasteiger charge is -2.21. The number of carbonyl (C=O) groups excluding carboxylic acids is 1. The highest BCUT2D eigenvalue weighted by molar-refractivity contribution is 8.00. The number of nitrogens with zero attached hydrogens (tertiary/aromatic N) is 3. The van der Waals surface area contributed by atoms with Gasteiger partial charge in [-0.05, 0) is 29.2 Å². The van der Waals surface area contributed by atoms with Gasteiger partial charge in [-0.3, -0.25) is 9.59 Å². The quantitative estimate of drug-likeness (QED) is 0.846. The second kappa shape index (κ2) is 6.49. The number of hydrogen-bond donors (Lipinski definition) is 2. The van der Waals surface area contributed by atoms with Gasteiger partial charge in [0.05, 0.1) is 12.7 Å². The number of carboxylic acids is 1. The van der Waals surface area contributed by atoms with Crippen molar-refractivity contribution in [1.29, 1.82) is 0 Å². The molecule has 0 saturated carbocycles. The zero-order chi connectivity index (χ0) is 15.5. The minimum atomic E-state index is -0.982. The molecule has 0 saturated heterocycles. The minimum Gasteiger partial charge on any atom is -0.480 e. The van der Waals surface area contributed by atoms with Crippen LogP contribution < -0.4 is 5.32 Å². The molecule has 1 amide bonds. The molecule has 7 nitrogen and oxygen atoms in total. The van der Waals surface area contributed by atoms with Crippen molar-refractivity contribution in [2.75, 3.05) is 5.75 Å². The Morgan fingerprint density at radius 1 is 1.50 bits per heavy atom. The number of carboxylic acid groups (broad SMARTS) is 1. The van der Waals surface area contributed by atoms with E-state index in [4.69, 9.17) is 5.11 Å². The lowest BCUT2D eigenvalue weighted by molar-refractivity contribution is -0.138. The van der Waals surface area contributed by atoms with Crippen LogP contribution in [0.5, 0.6) is 0 Å². The molecule has 0 radical (unpaired) electrons. The second-order valence-electron chi connectivity index (χ2n) is 4.82. The van der Waals surface area contributed by atoms with Gasteiger partial charge in [0.1, 0.15) is 17.5 Å². The number of rotatable bonds is 5. The summed E-state index contributed by atoms with van der Waals surface area (Å²) in [6.07, 6.45) is 2.55. The molecule has 0 fully saturated rings. The Labute approximate surface area is 134 Å². The van der Waals surface area contributed by atoms with Crippen LogP contribution >= 0.6 is 23.1 Å². The minimum absolute atomic E-state index is 0.0443. The van der Waals surface area contributed by atoms with E-state index in [1.54, 1.807) is 23.1 Å². The molecule has 116 valence electrons. The van der Waals surface area contributed by atoms with Crippen molar-refractivity contribution in [2.45, 2.75) is 24.8 Å². The van der Waals surface area contributed by atoms with Crippen LogP contribution in [-0.4, -0.2) is 37.7 Å². The van der Waals surface area contributed by atoms with Gasteiger partial charge >= 0.3 is 5.97 Å². The van der Waals surface area contributed by atoms with Crippen molar-refractivity contribution >= 4 is 35.0 Å². The maximum absolute atomic E-state index is 12.3. The highest BCUT2D eigenvalue weighted by atomic mass is 32.2. The van der Waals surface area contributed by atoms with Crippen LogP contribution in [0.4, 0.5) is 0 Å². The Morgan fingerprint density at radius 3 is 3.18 bits per heavy atom. The van der Waals surface area contributed by atoms with Crippen LogP contribution in [0.2, 0.25) is 0 Å². The average molecular weight is 338 g/mol. The molecular formula is C13H14N4O3S2. The van der Waals surface area contributed by atoms with Crippen molar-refractivity contribution in [3.8, 4) is 0 Å². The maximum atomic E-state index is 12.3. The Morgan fingerprint density at radius 2 is 2.36 bits per heavy atom. The molecule has 1 atom stereocenters. The molecule has 22 heavy (non-hydrogen) atoms. The molecular weight excluding hydrogens is 324 g/mol. The van der Waals surface area contributed by atoms with Crippen LogP contribution in [0.15, 0.2) is 17.6 Å². The van der Waals surface area contributed by atoms with Crippen LogP contribution in [-0.2, 0) is 29.1 Å². The van der Waals surface area contributed by atoms with Crippen LogP contribution in [0, 0.1) is 0 Å². The fourth-order valence-electron chi connectivity index (χ4n) is 2.27. The molecule has 9 heteroatoms. The van der Waals surface area contributed by atoms with E-state index < -0.39 is 5.97 Å². The molecule has 0 aromatic carbocycles. The number of amides is 1. The van der Waals surface area contributed by atoms with E-state index in [2.05, 4.69) is 15.6 Å². The lowest BCUT2D eigenvalue weighted by Crippen LogP contribution is -2.29. The predicted molar refractivity (Wildman–Crippen MR) is 82.7 cm³/mol. The van der Waals surface area contributed by atoms with Gasteiger partial charge in [0.25, 0.3) is 0 Å².